The van der Waals surface area contributed by atoms with Crippen LogP contribution in [0.1, 0.15) is 11.6 Å². The van der Waals surface area contributed by atoms with Crippen molar-refractivity contribution in [2.45, 2.75) is 6.04 Å². The Balaban J connectivity index is 2.23. The number of amides is 1. The van der Waals surface area contributed by atoms with Gasteiger partial charge in [-0.1, -0.05) is 30.3 Å². The number of likely N-dealkylation sites (N-methyl/N-ethyl adjacent to an activating group) is 1. The predicted molar refractivity (Wildman–Crippen MR) is 65.5 cm³/mol. The van der Waals surface area contributed by atoms with E-state index < -0.39 is 6.61 Å². The van der Waals surface area contributed by atoms with Gasteiger partial charge in [-0.25, -0.2) is 0 Å². The van der Waals surface area contributed by atoms with Gasteiger partial charge in [-0.05, 0) is 12.6 Å². The van der Waals surface area contributed by atoms with E-state index in [2.05, 4.69) is 11.9 Å². The summed E-state index contributed by atoms with van der Waals surface area (Å²) >= 11 is 0. The number of carbonyl (C=O) groups is 1. The first-order valence-corrected chi connectivity index (χ1v) is 5.86. The summed E-state index contributed by atoms with van der Waals surface area (Å²) in [5.74, 6) is -0.188. The number of rotatable bonds is 2. The van der Waals surface area contributed by atoms with Crippen molar-refractivity contribution in [1.82, 2.24) is 9.80 Å². The maximum Gasteiger partial charge on any atom is 0.248 e. The predicted octanol–water partition coefficient (Wildman–Crippen LogP) is 0.494. The molecule has 0 bridgehead atoms. The normalized spacial score (nSPS) is 21.5. The topological polar surface area (TPSA) is 43.8 Å². The molecule has 0 spiro atoms. The van der Waals surface area contributed by atoms with Gasteiger partial charge in [0.1, 0.15) is 6.61 Å². The van der Waals surface area contributed by atoms with Crippen LogP contribution in [0.3, 0.4) is 0 Å². The lowest BCUT2D eigenvalue weighted by molar-refractivity contribution is -0.139. The molecule has 1 N–H and O–H groups in total. The van der Waals surface area contributed by atoms with Crippen LogP contribution in [0.2, 0.25) is 0 Å². The number of carbonyl (C=O) groups excluding carboxylic acids is 1. The van der Waals surface area contributed by atoms with E-state index in [1.54, 1.807) is 4.90 Å². The maximum atomic E-state index is 11.7. The fourth-order valence-corrected chi connectivity index (χ4v) is 2.27. The van der Waals surface area contributed by atoms with Crippen molar-refractivity contribution < 1.29 is 9.90 Å². The van der Waals surface area contributed by atoms with E-state index in [1.807, 2.05) is 30.3 Å². The molecule has 1 aliphatic heterocycles. The van der Waals surface area contributed by atoms with Crippen LogP contribution in [0.15, 0.2) is 30.3 Å². The molecule has 0 radical (unpaired) electrons. The van der Waals surface area contributed by atoms with E-state index in [9.17, 15) is 4.79 Å². The summed E-state index contributed by atoms with van der Waals surface area (Å²) in [6.45, 7) is 1.94. The third-order valence-corrected chi connectivity index (χ3v) is 3.22. The SMILES string of the molecule is CN1CCN(C(=O)CO)C(c2ccccc2)C1. The molecule has 1 unspecified atom stereocenters. The zero-order chi connectivity index (χ0) is 12.3. The molecule has 0 saturated carbocycles. The molecule has 4 nitrogen and oxygen atoms in total. The van der Waals surface area contributed by atoms with Crippen LogP contribution in [-0.4, -0.2) is 54.1 Å². The first kappa shape index (κ1) is 12.1. The molecule has 1 atom stereocenters. The Labute approximate surface area is 101 Å². The average molecular weight is 234 g/mol. The summed E-state index contributed by atoms with van der Waals surface area (Å²) in [4.78, 5) is 15.7. The van der Waals surface area contributed by atoms with Gasteiger partial charge in [-0.15, -0.1) is 0 Å². The number of aliphatic hydroxyl groups is 1. The lowest BCUT2D eigenvalue weighted by Crippen LogP contribution is -2.50. The largest absolute Gasteiger partial charge is 0.387 e. The van der Waals surface area contributed by atoms with E-state index in [-0.39, 0.29) is 11.9 Å². The summed E-state index contributed by atoms with van der Waals surface area (Å²) in [5.41, 5.74) is 1.13. The van der Waals surface area contributed by atoms with Crippen molar-refractivity contribution in [2.75, 3.05) is 33.3 Å². The molecule has 1 amide bonds. The molecule has 1 aromatic carbocycles. The van der Waals surface area contributed by atoms with Gasteiger partial charge in [0, 0.05) is 19.6 Å². The lowest BCUT2D eigenvalue weighted by atomic mass is 10.0. The van der Waals surface area contributed by atoms with Gasteiger partial charge in [-0.3, -0.25) is 4.79 Å². The van der Waals surface area contributed by atoms with E-state index in [0.29, 0.717) is 6.54 Å². The highest BCUT2D eigenvalue weighted by Crippen LogP contribution is 2.24. The van der Waals surface area contributed by atoms with Gasteiger partial charge in [0.15, 0.2) is 0 Å². The van der Waals surface area contributed by atoms with Crippen molar-refractivity contribution in [2.24, 2.45) is 0 Å². The second-order valence-corrected chi connectivity index (χ2v) is 4.43. The Hall–Kier alpha value is -1.39. The summed E-state index contributed by atoms with van der Waals surface area (Å²) in [6, 6.07) is 10.0. The van der Waals surface area contributed by atoms with Gasteiger partial charge in [-0.2, -0.15) is 0 Å². The molecule has 0 aliphatic carbocycles. The Kier molecular flexibility index (Phi) is 3.76. The van der Waals surface area contributed by atoms with Gasteiger partial charge < -0.3 is 14.9 Å². The second-order valence-electron chi connectivity index (χ2n) is 4.43. The lowest BCUT2D eigenvalue weighted by Gasteiger charge is -2.40. The Morgan fingerprint density at radius 1 is 1.35 bits per heavy atom. The highest BCUT2D eigenvalue weighted by molar-refractivity contribution is 5.77. The molecule has 2 rings (SSSR count). The van der Waals surface area contributed by atoms with E-state index in [1.165, 1.54) is 0 Å². The van der Waals surface area contributed by atoms with Crippen LogP contribution in [-0.2, 0) is 4.79 Å². The highest BCUT2D eigenvalue weighted by Gasteiger charge is 2.29. The van der Waals surface area contributed by atoms with Crippen molar-refractivity contribution in [3.63, 3.8) is 0 Å². The van der Waals surface area contributed by atoms with Gasteiger partial charge in [0.2, 0.25) is 5.91 Å². The molecule has 1 heterocycles. The number of nitrogens with zero attached hydrogens (tertiary/aromatic N) is 2. The molecular formula is C13H18N2O2. The van der Waals surface area contributed by atoms with Gasteiger partial charge in [0.25, 0.3) is 0 Å². The van der Waals surface area contributed by atoms with Gasteiger partial charge in [0.05, 0.1) is 6.04 Å². The number of hydrogen-bond donors (Lipinski definition) is 1. The first-order valence-electron chi connectivity index (χ1n) is 5.86. The van der Waals surface area contributed by atoms with Crippen molar-refractivity contribution in [3.8, 4) is 0 Å². The molecule has 1 aromatic rings. The smallest absolute Gasteiger partial charge is 0.248 e. The fraction of sp³-hybridized carbons (Fsp3) is 0.462. The number of piperazine rings is 1. The molecular weight excluding hydrogens is 216 g/mol. The first-order chi connectivity index (χ1) is 8.22. The van der Waals surface area contributed by atoms with E-state index in [0.717, 1.165) is 18.7 Å². The molecule has 4 heteroatoms. The van der Waals surface area contributed by atoms with Crippen molar-refractivity contribution >= 4 is 5.91 Å². The fourth-order valence-electron chi connectivity index (χ4n) is 2.27. The second kappa shape index (κ2) is 5.29. The number of aliphatic hydroxyl groups excluding tert-OH is 1. The molecule has 17 heavy (non-hydrogen) atoms. The monoisotopic (exact) mass is 234 g/mol. The minimum absolute atomic E-state index is 0.0506. The quantitative estimate of drug-likeness (QED) is 0.810. The van der Waals surface area contributed by atoms with Crippen LogP contribution in [0.5, 0.6) is 0 Å². The zero-order valence-electron chi connectivity index (χ0n) is 10.0. The standard InChI is InChI=1S/C13H18N2O2/c1-14-7-8-15(13(17)10-16)12(9-14)11-5-3-2-4-6-11/h2-6,12,16H,7-10H2,1H3. The van der Waals surface area contributed by atoms with Crippen LogP contribution >= 0.6 is 0 Å². The Morgan fingerprint density at radius 3 is 2.71 bits per heavy atom. The molecule has 1 saturated heterocycles. The summed E-state index contributed by atoms with van der Waals surface area (Å²) < 4.78 is 0. The zero-order valence-corrected chi connectivity index (χ0v) is 10.0. The van der Waals surface area contributed by atoms with E-state index >= 15 is 0 Å². The van der Waals surface area contributed by atoms with Crippen LogP contribution in [0.25, 0.3) is 0 Å². The minimum atomic E-state index is -0.410. The highest BCUT2D eigenvalue weighted by atomic mass is 16.3. The Bertz CT molecular complexity index is 380. The van der Waals surface area contributed by atoms with E-state index in [4.69, 9.17) is 5.11 Å². The van der Waals surface area contributed by atoms with Crippen LogP contribution < -0.4 is 0 Å². The average Bonchev–Trinajstić information content (AvgIpc) is 2.39. The third kappa shape index (κ3) is 2.65. The van der Waals surface area contributed by atoms with Crippen LogP contribution in [0.4, 0.5) is 0 Å². The van der Waals surface area contributed by atoms with Crippen molar-refractivity contribution in [1.29, 1.82) is 0 Å². The van der Waals surface area contributed by atoms with Crippen molar-refractivity contribution in [3.05, 3.63) is 35.9 Å². The number of hydrogen-bond acceptors (Lipinski definition) is 3. The summed E-state index contributed by atoms with van der Waals surface area (Å²) in [7, 11) is 2.05. The summed E-state index contributed by atoms with van der Waals surface area (Å²) in [6.07, 6.45) is 0. The summed E-state index contributed by atoms with van der Waals surface area (Å²) in [5, 5.41) is 9.01. The Morgan fingerprint density at radius 2 is 2.06 bits per heavy atom. The maximum absolute atomic E-state index is 11.7. The molecule has 92 valence electrons. The third-order valence-electron chi connectivity index (χ3n) is 3.22. The van der Waals surface area contributed by atoms with Gasteiger partial charge >= 0.3 is 0 Å². The molecule has 0 aromatic heterocycles. The minimum Gasteiger partial charge on any atom is -0.387 e. The molecule has 1 fully saturated rings. The number of benzene rings is 1. The molecule has 1 aliphatic rings. The van der Waals surface area contributed by atoms with Crippen LogP contribution in [0, 0.1) is 0 Å².